The largest absolute Gasteiger partial charge is 0.300 e. The summed E-state index contributed by atoms with van der Waals surface area (Å²) in [7, 11) is 0. The van der Waals surface area contributed by atoms with E-state index in [0.717, 1.165) is 0 Å². The van der Waals surface area contributed by atoms with Crippen LogP contribution in [-0.2, 0) is 16.6 Å². The minimum atomic E-state index is -1.58. The molecule has 3 heteroatoms. The molecule has 0 N–H and O–H groups in total. The summed E-state index contributed by atoms with van der Waals surface area (Å²) in [6.45, 7) is 5.72. The summed E-state index contributed by atoms with van der Waals surface area (Å²) >= 11 is 5.43. The average Bonchev–Trinajstić information content (AvgIpc) is 2.04. The molecule has 0 aromatic heterocycles. The van der Waals surface area contributed by atoms with Gasteiger partial charge in [-0.25, -0.2) is 0 Å². The van der Waals surface area contributed by atoms with Gasteiger partial charge in [-0.1, -0.05) is 11.8 Å². The number of ketones is 1. The standard InChI is InChI=1S/C9H13OPS/c1-7-4-11(12,5-8(7)2)6-9(3)10/h4-5H,6H2,1-3H3. The molecule has 12 heavy (non-hydrogen) atoms. The number of rotatable bonds is 2. The van der Waals surface area contributed by atoms with Crippen molar-refractivity contribution in [2.75, 3.05) is 6.16 Å². The Morgan fingerprint density at radius 2 is 1.83 bits per heavy atom. The normalized spacial score (nSPS) is 20.2. The topological polar surface area (TPSA) is 17.1 Å². The molecule has 0 aliphatic carbocycles. The highest BCUT2D eigenvalue weighted by Gasteiger charge is 2.19. The van der Waals surface area contributed by atoms with Gasteiger partial charge in [0.15, 0.2) is 0 Å². The third-order valence-electron chi connectivity index (χ3n) is 1.92. The maximum absolute atomic E-state index is 10.9. The maximum atomic E-state index is 10.9. The summed E-state index contributed by atoms with van der Waals surface area (Å²) in [4.78, 5) is 10.9. The second-order valence-corrected chi connectivity index (χ2v) is 7.92. The van der Waals surface area contributed by atoms with Crippen LogP contribution in [0.2, 0.25) is 0 Å². The number of Topliss-reactive ketones (excluding diaryl/α,β-unsaturated/α-hetero) is 1. The van der Waals surface area contributed by atoms with Crippen molar-refractivity contribution < 1.29 is 4.79 Å². The van der Waals surface area contributed by atoms with E-state index in [-0.39, 0.29) is 5.78 Å². The van der Waals surface area contributed by atoms with Crippen molar-refractivity contribution in [1.82, 2.24) is 0 Å². The minimum Gasteiger partial charge on any atom is -0.300 e. The van der Waals surface area contributed by atoms with Crippen molar-refractivity contribution in [2.45, 2.75) is 20.8 Å². The molecule has 0 aromatic rings. The molecule has 1 nitrogen and oxygen atoms in total. The molecule has 0 fully saturated rings. The van der Waals surface area contributed by atoms with Crippen molar-refractivity contribution in [3.05, 3.63) is 22.8 Å². The van der Waals surface area contributed by atoms with E-state index in [0.29, 0.717) is 6.16 Å². The van der Waals surface area contributed by atoms with Crippen molar-refractivity contribution in [2.24, 2.45) is 0 Å². The quantitative estimate of drug-likeness (QED) is 0.637. The number of hydrogen-bond donors (Lipinski definition) is 0. The van der Waals surface area contributed by atoms with E-state index in [4.69, 9.17) is 11.8 Å². The molecule has 0 saturated carbocycles. The first-order valence-electron chi connectivity index (χ1n) is 3.90. The predicted octanol–water partition coefficient (Wildman–Crippen LogP) is 2.88. The second kappa shape index (κ2) is 3.27. The fraction of sp³-hybridized carbons (Fsp3) is 0.444. The zero-order chi connectivity index (χ0) is 9.35. The lowest BCUT2D eigenvalue weighted by atomic mass is 10.2. The van der Waals surface area contributed by atoms with Crippen LogP contribution in [0.5, 0.6) is 0 Å². The van der Waals surface area contributed by atoms with Crippen LogP contribution < -0.4 is 0 Å². The van der Waals surface area contributed by atoms with Crippen molar-refractivity contribution >= 4 is 23.6 Å². The average molecular weight is 200 g/mol. The molecule has 0 atom stereocenters. The molecule has 0 amide bonds. The first kappa shape index (κ1) is 9.88. The van der Waals surface area contributed by atoms with Crippen LogP contribution in [0.25, 0.3) is 0 Å². The summed E-state index contributed by atoms with van der Waals surface area (Å²) < 4.78 is 0. The summed E-state index contributed by atoms with van der Waals surface area (Å²) in [6, 6.07) is -1.58. The molecular formula is C9H13OPS. The Morgan fingerprint density at radius 3 is 2.17 bits per heavy atom. The molecule has 0 unspecified atom stereocenters. The Labute approximate surface area is 78.6 Å². The summed E-state index contributed by atoms with van der Waals surface area (Å²) in [5.41, 5.74) is 2.50. The van der Waals surface area contributed by atoms with Gasteiger partial charge in [0, 0.05) is 12.2 Å². The lowest BCUT2D eigenvalue weighted by molar-refractivity contribution is -0.114. The highest BCUT2D eigenvalue weighted by Crippen LogP contribution is 2.56. The van der Waals surface area contributed by atoms with Crippen molar-refractivity contribution in [1.29, 1.82) is 0 Å². The highest BCUT2D eigenvalue weighted by molar-refractivity contribution is 8.18. The second-order valence-electron chi connectivity index (χ2n) is 3.34. The molecule has 0 radical (unpaired) electrons. The SMILES string of the molecule is CC(=O)CP1(=S)C=C(C)C(C)=C1. The van der Waals surface area contributed by atoms with E-state index in [1.165, 1.54) is 11.1 Å². The number of carbonyl (C=O) groups excluding carboxylic acids is 1. The predicted molar refractivity (Wildman–Crippen MR) is 57.3 cm³/mol. The lowest BCUT2D eigenvalue weighted by Crippen LogP contribution is -1.95. The molecule has 0 bridgehead atoms. The fourth-order valence-electron chi connectivity index (χ4n) is 1.34. The van der Waals surface area contributed by atoms with Gasteiger partial charge in [0.25, 0.3) is 0 Å². The molecule has 1 aliphatic heterocycles. The molecule has 0 aromatic carbocycles. The van der Waals surface area contributed by atoms with Crippen LogP contribution in [0.3, 0.4) is 0 Å². The Hall–Kier alpha value is -0.200. The fourth-order valence-corrected chi connectivity index (χ4v) is 5.50. The third kappa shape index (κ3) is 2.15. The summed E-state index contributed by atoms with van der Waals surface area (Å²) in [5, 5.41) is 0. The van der Waals surface area contributed by atoms with Crippen LogP contribution >= 0.6 is 6.04 Å². The van der Waals surface area contributed by atoms with Crippen LogP contribution in [0, 0.1) is 0 Å². The molecular weight excluding hydrogens is 187 g/mol. The van der Waals surface area contributed by atoms with E-state index in [2.05, 4.69) is 25.5 Å². The van der Waals surface area contributed by atoms with E-state index in [9.17, 15) is 4.79 Å². The molecule has 0 spiro atoms. The van der Waals surface area contributed by atoms with Gasteiger partial charge >= 0.3 is 0 Å². The summed E-state index contributed by atoms with van der Waals surface area (Å²) in [6.07, 6.45) is 0.553. The van der Waals surface area contributed by atoms with Crippen LogP contribution in [0.1, 0.15) is 20.8 Å². The molecule has 66 valence electrons. The smallest absolute Gasteiger partial charge is 0.135 e. The number of carbonyl (C=O) groups is 1. The van der Waals surface area contributed by atoms with Gasteiger partial charge in [-0.3, -0.25) is 4.79 Å². The highest BCUT2D eigenvalue weighted by atomic mass is 32.4. The van der Waals surface area contributed by atoms with E-state index >= 15 is 0 Å². The Kier molecular flexibility index (Phi) is 2.70. The van der Waals surface area contributed by atoms with E-state index < -0.39 is 6.04 Å². The number of hydrogen-bond acceptors (Lipinski definition) is 2. The van der Waals surface area contributed by atoms with Crippen LogP contribution in [-0.4, -0.2) is 11.9 Å². The monoisotopic (exact) mass is 200 g/mol. The lowest BCUT2D eigenvalue weighted by Gasteiger charge is -2.06. The van der Waals surface area contributed by atoms with Gasteiger partial charge in [-0.2, -0.15) is 0 Å². The van der Waals surface area contributed by atoms with Gasteiger partial charge in [0.05, 0.1) is 0 Å². The third-order valence-corrected chi connectivity index (χ3v) is 5.52. The Balaban J connectivity index is 2.92. The molecule has 1 heterocycles. The summed E-state index contributed by atoms with van der Waals surface area (Å²) in [5.74, 6) is 4.42. The van der Waals surface area contributed by atoms with Gasteiger partial charge in [-0.15, -0.1) is 0 Å². The van der Waals surface area contributed by atoms with Crippen molar-refractivity contribution in [3.8, 4) is 0 Å². The van der Waals surface area contributed by atoms with Gasteiger partial charge in [0.2, 0.25) is 0 Å². The first-order valence-corrected chi connectivity index (χ1v) is 7.03. The van der Waals surface area contributed by atoms with Gasteiger partial charge in [0.1, 0.15) is 5.78 Å². The Bertz CT molecular complexity index is 303. The van der Waals surface area contributed by atoms with E-state index in [1.807, 2.05) is 0 Å². The molecule has 1 aliphatic rings. The van der Waals surface area contributed by atoms with Crippen LogP contribution in [0.15, 0.2) is 22.8 Å². The maximum Gasteiger partial charge on any atom is 0.135 e. The zero-order valence-corrected chi connectivity index (χ0v) is 9.34. The molecule has 0 saturated heterocycles. The van der Waals surface area contributed by atoms with Gasteiger partial charge in [-0.05, 0) is 43.6 Å². The first-order chi connectivity index (χ1) is 5.43. The van der Waals surface area contributed by atoms with Gasteiger partial charge < -0.3 is 0 Å². The van der Waals surface area contributed by atoms with Crippen molar-refractivity contribution in [3.63, 3.8) is 0 Å². The number of allylic oxidation sites excluding steroid dienone is 2. The minimum absolute atomic E-state index is 0.202. The molecule has 1 rings (SSSR count). The zero-order valence-electron chi connectivity index (χ0n) is 7.63. The Morgan fingerprint density at radius 1 is 1.42 bits per heavy atom. The van der Waals surface area contributed by atoms with E-state index in [1.54, 1.807) is 6.92 Å². The van der Waals surface area contributed by atoms with Crippen LogP contribution in [0.4, 0.5) is 0 Å².